The van der Waals surface area contributed by atoms with E-state index in [9.17, 15) is 10.0 Å². The Hall–Kier alpha value is -2.10. The first-order chi connectivity index (χ1) is 14.6. The Balaban J connectivity index is 2.53. The number of rotatable bonds is 2. The van der Waals surface area contributed by atoms with Crippen LogP contribution in [0.25, 0.3) is 32.7 Å². The number of benzene rings is 4. The Kier molecular flexibility index (Phi) is 5.56. The van der Waals surface area contributed by atoms with Gasteiger partial charge < -0.3 is 10.0 Å². The second-order valence-electron chi connectivity index (χ2n) is 7.34. The van der Waals surface area contributed by atoms with Crippen LogP contribution >= 0.6 is 0 Å². The molecule has 2 N–H and O–H groups in total. The average molecular weight is 377 g/mol. The second-order valence-corrected chi connectivity index (χ2v) is 7.34. The van der Waals surface area contributed by atoms with E-state index in [1.807, 2.05) is 30.3 Å². The third kappa shape index (κ3) is 3.09. The Morgan fingerprint density at radius 1 is 0.484 bits per heavy atom. The van der Waals surface area contributed by atoms with Gasteiger partial charge in [-0.25, -0.2) is 0 Å². The van der Waals surface area contributed by atoms with Crippen molar-refractivity contribution in [3.05, 3.63) is 30.3 Å². The zero-order chi connectivity index (χ0) is 22.8. The van der Waals surface area contributed by atoms with Crippen molar-refractivity contribution in [3.8, 4) is 11.1 Å². The summed E-state index contributed by atoms with van der Waals surface area (Å²) >= 11 is 0. The van der Waals surface area contributed by atoms with Crippen LogP contribution in [0.3, 0.4) is 0 Å². The van der Waals surface area contributed by atoms with E-state index < -0.39 is 7.12 Å². The van der Waals surface area contributed by atoms with Crippen LogP contribution in [0.1, 0.15) is 0 Å². The van der Waals surface area contributed by atoms with E-state index in [-0.39, 0.29) is 59.9 Å². The molecule has 0 aromatic heterocycles. The lowest BCUT2D eigenvalue weighted by molar-refractivity contribution is 0.426. The van der Waals surface area contributed by atoms with Crippen LogP contribution in [0.4, 0.5) is 0 Å². The molecule has 0 amide bonds. The fraction of sp³-hybridized carbons (Fsp3) is 0. The minimum atomic E-state index is -2.01. The predicted octanol–water partition coefficient (Wildman–Crippen LogP) is -6.31. The molecule has 126 valence electrons. The normalized spacial score (nSPS) is 11.3. The minimum absolute atomic E-state index is 0.0141. The Bertz CT molecular complexity index is 1300. The van der Waals surface area contributed by atoms with Crippen molar-refractivity contribution in [2.45, 2.75) is 0 Å². The molecule has 0 atom stereocenters. The number of fused-ring (bicyclic) bond motifs is 2. The molecule has 0 saturated heterocycles. The van der Waals surface area contributed by atoms with Crippen LogP contribution in [0.2, 0.25) is 0 Å². The Morgan fingerprint density at radius 2 is 0.839 bits per heavy atom. The Labute approximate surface area is 192 Å². The molecule has 16 radical (unpaired) electrons. The van der Waals surface area contributed by atoms with E-state index >= 15 is 0 Å². The summed E-state index contributed by atoms with van der Waals surface area (Å²) in [5.41, 5.74) is 1.59. The molecule has 0 aliphatic heterocycles. The maximum Gasteiger partial charge on any atom is 0.489 e. The lowest BCUT2D eigenvalue weighted by atomic mass is 9.56. The third-order valence-electron chi connectivity index (χ3n) is 5.68. The maximum atomic E-state index is 10.4. The first-order valence-electron chi connectivity index (χ1n) is 9.28. The van der Waals surface area contributed by atoms with Crippen molar-refractivity contribution in [2.75, 3.05) is 0 Å². The number of hydrogen-bond donors (Lipinski definition) is 2. The van der Waals surface area contributed by atoms with Gasteiger partial charge in [0.25, 0.3) is 0 Å². The van der Waals surface area contributed by atoms with Gasteiger partial charge in [-0.3, -0.25) is 0 Å². The molecule has 0 fully saturated rings. The van der Waals surface area contributed by atoms with Crippen LogP contribution < -0.4 is 49.2 Å². The van der Waals surface area contributed by atoms with Gasteiger partial charge in [-0.15, -0.1) is 21.9 Å². The van der Waals surface area contributed by atoms with E-state index in [1.54, 1.807) is 0 Å². The summed E-state index contributed by atoms with van der Waals surface area (Å²) in [7, 11) is 47.8. The highest BCUT2D eigenvalue weighted by Crippen LogP contribution is 2.32. The SMILES string of the molecule is [B]c1c([B])c([B])c2c(-c3ccccc3)c3c([B])c([B])c([B])c([B])c3c(B(O)O)c2c1[B]. The molecule has 11 heteroatoms. The monoisotopic (exact) mass is 378 g/mol. The third-order valence-corrected chi connectivity index (χ3v) is 5.68. The largest absolute Gasteiger partial charge is 0.489 e. The van der Waals surface area contributed by atoms with Gasteiger partial charge in [-0.2, -0.15) is 0 Å². The molecular formula is C20H7B9O2. The highest BCUT2D eigenvalue weighted by molar-refractivity contribution is 6.77. The smallest absolute Gasteiger partial charge is 0.423 e. The molecule has 4 aromatic rings. The van der Waals surface area contributed by atoms with Crippen molar-refractivity contribution >= 4 is 141 Å². The summed E-state index contributed by atoms with van der Waals surface area (Å²) in [6, 6.07) is 9.14. The lowest BCUT2D eigenvalue weighted by Gasteiger charge is -2.28. The highest BCUT2D eigenvalue weighted by Gasteiger charge is 2.27. The molecule has 0 aliphatic rings. The zero-order valence-electron chi connectivity index (χ0n) is 16.5. The molecule has 0 aliphatic carbocycles. The first-order valence-corrected chi connectivity index (χ1v) is 9.28. The predicted molar refractivity (Wildman–Crippen MR) is 140 cm³/mol. The van der Waals surface area contributed by atoms with Gasteiger partial charge in [0.1, 0.15) is 62.8 Å². The van der Waals surface area contributed by atoms with E-state index in [4.69, 9.17) is 62.8 Å². The molecular weight excluding hydrogens is 370 g/mol. The van der Waals surface area contributed by atoms with Crippen LogP contribution in [-0.2, 0) is 0 Å². The fourth-order valence-electron chi connectivity index (χ4n) is 4.14. The van der Waals surface area contributed by atoms with E-state index in [0.29, 0.717) is 21.9 Å². The molecule has 4 rings (SSSR count). The van der Waals surface area contributed by atoms with Crippen LogP contribution in [0, 0.1) is 0 Å². The average Bonchev–Trinajstić information content (AvgIpc) is 2.76. The van der Waals surface area contributed by atoms with Crippen LogP contribution in [0.15, 0.2) is 30.3 Å². The molecule has 0 saturated carbocycles. The van der Waals surface area contributed by atoms with Crippen LogP contribution in [-0.4, -0.2) is 79.9 Å². The zero-order valence-corrected chi connectivity index (χ0v) is 16.5. The standard InChI is InChI=1S/C20H7B9O2/c21-12-8-7(6-4-2-1-3-5-6)9-11(15(24)19(28)17(26)13(9)22)20(29(30)31)10(8)14(23)18(27)16(12)25/h1-5,30-31H. The summed E-state index contributed by atoms with van der Waals surface area (Å²) in [6.07, 6.45) is 0. The van der Waals surface area contributed by atoms with Gasteiger partial charge in [-0.05, 0) is 38.1 Å². The lowest BCUT2D eigenvalue weighted by Crippen LogP contribution is -2.53. The van der Waals surface area contributed by atoms with E-state index in [0.717, 1.165) is 0 Å². The molecule has 0 heterocycles. The minimum Gasteiger partial charge on any atom is -0.423 e. The topological polar surface area (TPSA) is 40.5 Å². The van der Waals surface area contributed by atoms with Crippen molar-refractivity contribution in [2.24, 2.45) is 0 Å². The highest BCUT2D eigenvalue weighted by atomic mass is 16.4. The summed E-state index contributed by atoms with van der Waals surface area (Å²) in [5.74, 6) is 0. The second kappa shape index (κ2) is 7.79. The van der Waals surface area contributed by atoms with Crippen molar-refractivity contribution in [3.63, 3.8) is 0 Å². The Morgan fingerprint density at radius 3 is 1.19 bits per heavy atom. The number of hydrogen-bond acceptors (Lipinski definition) is 2. The van der Waals surface area contributed by atoms with Crippen LogP contribution in [0.5, 0.6) is 0 Å². The van der Waals surface area contributed by atoms with Gasteiger partial charge in [0.15, 0.2) is 0 Å². The van der Waals surface area contributed by atoms with E-state index in [1.165, 1.54) is 0 Å². The summed E-state index contributed by atoms with van der Waals surface area (Å²) in [4.78, 5) is 0. The van der Waals surface area contributed by atoms with Gasteiger partial charge in [0.2, 0.25) is 0 Å². The van der Waals surface area contributed by atoms with E-state index in [2.05, 4.69) is 0 Å². The summed E-state index contributed by atoms with van der Waals surface area (Å²) < 4.78 is 0. The molecule has 0 bridgehead atoms. The fourth-order valence-corrected chi connectivity index (χ4v) is 4.14. The quantitative estimate of drug-likeness (QED) is 0.270. The van der Waals surface area contributed by atoms with Gasteiger partial charge in [-0.1, -0.05) is 52.2 Å². The molecule has 4 aromatic carbocycles. The van der Waals surface area contributed by atoms with Crippen molar-refractivity contribution in [1.29, 1.82) is 0 Å². The van der Waals surface area contributed by atoms with Gasteiger partial charge in [0.05, 0.1) is 0 Å². The first kappa shape index (κ1) is 22.1. The van der Waals surface area contributed by atoms with Gasteiger partial charge >= 0.3 is 7.12 Å². The molecule has 0 spiro atoms. The van der Waals surface area contributed by atoms with Gasteiger partial charge in [0, 0.05) is 0 Å². The van der Waals surface area contributed by atoms with Crippen molar-refractivity contribution < 1.29 is 10.0 Å². The summed E-state index contributed by atoms with van der Waals surface area (Å²) in [6.45, 7) is 0. The van der Waals surface area contributed by atoms with Crippen molar-refractivity contribution in [1.82, 2.24) is 0 Å². The molecule has 0 unspecified atom stereocenters. The molecule has 31 heavy (non-hydrogen) atoms. The molecule has 2 nitrogen and oxygen atoms in total. The summed E-state index contributed by atoms with van der Waals surface area (Å²) in [5, 5.41) is 21.8. The maximum absolute atomic E-state index is 10.4.